The summed E-state index contributed by atoms with van der Waals surface area (Å²) in [5.41, 5.74) is 4.94. The summed E-state index contributed by atoms with van der Waals surface area (Å²) in [6, 6.07) is 12.5. The molecule has 1 heterocycles. The first kappa shape index (κ1) is 11.9. The van der Waals surface area contributed by atoms with Gasteiger partial charge in [-0.2, -0.15) is 0 Å². The van der Waals surface area contributed by atoms with E-state index in [0.29, 0.717) is 6.79 Å². The van der Waals surface area contributed by atoms with Gasteiger partial charge in [-0.1, -0.05) is 12.1 Å². The topological polar surface area (TPSA) is 30.5 Å². The summed E-state index contributed by atoms with van der Waals surface area (Å²) in [5, 5.41) is 3.42. The number of rotatable bonds is 3. The van der Waals surface area contributed by atoms with Crippen molar-refractivity contribution in [2.75, 3.05) is 12.1 Å². The Bertz CT molecular complexity index is 608. The van der Waals surface area contributed by atoms with E-state index in [2.05, 4.69) is 43.4 Å². The summed E-state index contributed by atoms with van der Waals surface area (Å²) in [5.74, 6) is 1.66. The van der Waals surface area contributed by atoms with Crippen molar-refractivity contribution in [3.05, 3.63) is 53.1 Å². The van der Waals surface area contributed by atoms with Crippen LogP contribution in [-0.2, 0) is 6.54 Å². The second-order valence-electron chi connectivity index (χ2n) is 4.84. The SMILES string of the molecule is Cc1ccc(NCc2ccc3c(c2)OCO3)cc1C. The van der Waals surface area contributed by atoms with Crippen molar-refractivity contribution >= 4 is 5.69 Å². The van der Waals surface area contributed by atoms with Gasteiger partial charge in [-0.3, -0.25) is 0 Å². The zero-order valence-corrected chi connectivity index (χ0v) is 11.2. The van der Waals surface area contributed by atoms with Gasteiger partial charge in [0.1, 0.15) is 0 Å². The lowest BCUT2D eigenvalue weighted by molar-refractivity contribution is 0.174. The standard InChI is InChI=1S/C16H17NO2/c1-11-3-5-14(7-12(11)2)17-9-13-4-6-15-16(8-13)19-10-18-15/h3-8,17H,9-10H2,1-2H3. The number of aryl methyl sites for hydroxylation is 2. The highest BCUT2D eigenvalue weighted by molar-refractivity contribution is 5.50. The molecule has 3 heteroatoms. The Morgan fingerprint density at radius 2 is 1.79 bits per heavy atom. The second-order valence-corrected chi connectivity index (χ2v) is 4.84. The maximum absolute atomic E-state index is 5.38. The molecule has 1 aliphatic rings. The summed E-state index contributed by atoms with van der Waals surface area (Å²) in [4.78, 5) is 0. The third-order valence-corrected chi connectivity index (χ3v) is 3.44. The maximum Gasteiger partial charge on any atom is 0.231 e. The fourth-order valence-electron chi connectivity index (χ4n) is 2.11. The van der Waals surface area contributed by atoms with E-state index in [1.165, 1.54) is 16.7 Å². The normalized spacial score (nSPS) is 12.5. The summed E-state index contributed by atoms with van der Waals surface area (Å²) in [6.45, 7) is 5.35. The fourth-order valence-corrected chi connectivity index (χ4v) is 2.11. The van der Waals surface area contributed by atoms with Crippen LogP contribution in [0.1, 0.15) is 16.7 Å². The van der Waals surface area contributed by atoms with Crippen LogP contribution in [0.5, 0.6) is 11.5 Å². The van der Waals surface area contributed by atoms with E-state index in [0.717, 1.165) is 23.7 Å². The first-order valence-corrected chi connectivity index (χ1v) is 6.42. The predicted molar refractivity (Wildman–Crippen MR) is 75.8 cm³/mol. The smallest absolute Gasteiger partial charge is 0.231 e. The molecule has 98 valence electrons. The van der Waals surface area contributed by atoms with E-state index in [1.807, 2.05) is 12.1 Å². The molecule has 0 amide bonds. The monoisotopic (exact) mass is 255 g/mol. The van der Waals surface area contributed by atoms with Gasteiger partial charge in [0.2, 0.25) is 6.79 Å². The van der Waals surface area contributed by atoms with Crippen molar-refractivity contribution < 1.29 is 9.47 Å². The third kappa shape index (κ3) is 2.50. The number of anilines is 1. The van der Waals surface area contributed by atoms with Gasteiger partial charge < -0.3 is 14.8 Å². The van der Waals surface area contributed by atoms with Crippen molar-refractivity contribution in [1.82, 2.24) is 0 Å². The van der Waals surface area contributed by atoms with E-state index in [9.17, 15) is 0 Å². The molecule has 3 rings (SSSR count). The van der Waals surface area contributed by atoms with Crippen LogP contribution in [0.25, 0.3) is 0 Å². The number of ether oxygens (including phenoxy) is 2. The summed E-state index contributed by atoms with van der Waals surface area (Å²) in [6.07, 6.45) is 0. The molecule has 2 aromatic carbocycles. The summed E-state index contributed by atoms with van der Waals surface area (Å²) >= 11 is 0. The number of fused-ring (bicyclic) bond motifs is 1. The molecule has 3 nitrogen and oxygen atoms in total. The van der Waals surface area contributed by atoms with Crippen molar-refractivity contribution in [3.63, 3.8) is 0 Å². The number of nitrogens with one attached hydrogen (secondary N) is 1. The minimum absolute atomic E-state index is 0.323. The second kappa shape index (κ2) is 4.84. The van der Waals surface area contributed by atoms with Gasteiger partial charge in [-0.25, -0.2) is 0 Å². The first-order chi connectivity index (χ1) is 9.22. The molecule has 1 aliphatic heterocycles. The Morgan fingerprint density at radius 3 is 2.63 bits per heavy atom. The van der Waals surface area contributed by atoms with E-state index >= 15 is 0 Å². The molecular weight excluding hydrogens is 238 g/mol. The molecule has 0 fully saturated rings. The molecule has 19 heavy (non-hydrogen) atoms. The van der Waals surface area contributed by atoms with E-state index in [4.69, 9.17) is 9.47 Å². The van der Waals surface area contributed by atoms with Crippen molar-refractivity contribution in [3.8, 4) is 11.5 Å². The Morgan fingerprint density at radius 1 is 0.947 bits per heavy atom. The molecule has 0 bridgehead atoms. The molecule has 0 atom stereocenters. The summed E-state index contributed by atoms with van der Waals surface area (Å²) in [7, 11) is 0. The Kier molecular flexibility index (Phi) is 3.03. The highest BCUT2D eigenvalue weighted by Crippen LogP contribution is 2.32. The van der Waals surface area contributed by atoms with Crippen LogP contribution in [0.2, 0.25) is 0 Å². The van der Waals surface area contributed by atoms with Crippen LogP contribution in [0.3, 0.4) is 0 Å². The lowest BCUT2D eigenvalue weighted by Crippen LogP contribution is -1.99. The van der Waals surface area contributed by atoms with Crippen molar-refractivity contribution in [2.45, 2.75) is 20.4 Å². The number of hydrogen-bond donors (Lipinski definition) is 1. The van der Waals surface area contributed by atoms with Crippen LogP contribution in [0, 0.1) is 13.8 Å². The van der Waals surface area contributed by atoms with Crippen LogP contribution in [-0.4, -0.2) is 6.79 Å². The molecular formula is C16H17NO2. The van der Waals surface area contributed by atoms with Gasteiger partial charge in [0.05, 0.1) is 0 Å². The number of benzene rings is 2. The van der Waals surface area contributed by atoms with Crippen LogP contribution >= 0.6 is 0 Å². The zero-order valence-electron chi connectivity index (χ0n) is 11.2. The third-order valence-electron chi connectivity index (χ3n) is 3.44. The largest absolute Gasteiger partial charge is 0.454 e. The van der Waals surface area contributed by atoms with Crippen molar-refractivity contribution in [1.29, 1.82) is 0 Å². The lowest BCUT2D eigenvalue weighted by Gasteiger charge is -2.09. The zero-order chi connectivity index (χ0) is 13.2. The molecule has 2 aromatic rings. The fraction of sp³-hybridized carbons (Fsp3) is 0.250. The van der Waals surface area contributed by atoms with Gasteiger partial charge in [0, 0.05) is 12.2 Å². The minimum atomic E-state index is 0.323. The highest BCUT2D eigenvalue weighted by atomic mass is 16.7. The van der Waals surface area contributed by atoms with E-state index in [1.54, 1.807) is 0 Å². The van der Waals surface area contributed by atoms with Gasteiger partial charge in [0.15, 0.2) is 11.5 Å². The molecule has 1 N–H and O–H groups in total. The van der Waals surface area contributed by atoms with Gasteiger partial charge >= 0.3 is 0 Å². The van der Waals surface area contributed by atoms with Crippen molar-refractivity contribution in [2.24, 2.45) is 0 Å². The summed E-state index contributed by atoms with van der Waals surface area (Å²) < 4.78 is 10.7. The molecule has 0 saturated carbocycles. The highest BCUT2D eigenvalue weighted by Gasteiger charge is 2.12. The molecule has 0 spiro atoms. The van der Waals surface area contributed by atoms with E-state index in [-0.39, 0.29) is 0 Å². The average Bonchev–Trinajstić information content (AvgIpc) is 2.87. The predicted octanol–water partition coefficient (Wildman–Crippen LogP) is 3.64. The minimum Gasteiger partial charge on any atom is -0.454 e. The van der Waals surface area contributed by atoms with Crippen LogP contribution in [0.15, 0.2) is 36.4 Å². The molecule has 0 radical (unpaired) electrons. The van der Waals surface area contributed by atoms with Gasteiger partial charge in [-0.05, 0) is 54.8 Å². The average molecular weight is 255 g/mol. The first-order valence-electron chi connectivity index (χ1n) is 6.42. The Labute approximate surface area is 113 Å². The molecule has 0 unspecified atom stereocenters. The van der Waals surface area contributed by atoms with Crippen LogP contribution < -0.4 is 14.8 Å². The van der Waals surface area contributed by atoms with Crippen LogP contribution in [0.4, 0.5) is 5.69 Å². The lowest BCUT2D eigenvalue weighted by atomic mass is 10.1. The molecule has 0 saturated heterocycles. The van der Waals surface area contributed by atoms with E-state index < -0.39 is 0 Å². The number of hydrogen-bond acceptors (Lipinski definition) is 3. The molecule has 0 aliphatic carbocycles. The Balaban J connectivity index is 1.70. The maximum atomic E-state index is 5.38. The van der Waals surface area contributed by atoms with Gasteiger partial charge in [0.25, 0.3) is 0 Å². The quantitative estimate of drug-likeness (QED) is 0.908. The van der Waals surface area contributed by atoms with Gasteiger partial charge in [-0.15, -0.1) is 0 Å². The molecule has 0 aromatic heterocycles. The Hall–Kier alpha value is -2.16.